The van der Waals surface area contributed by atoms with Gasteiger partial charge in [0.15, 0.2) is 0 Å². The maximum atomic E-state index is 6.33. The second-order valence-corrected chi connectivity index (χ2v) is 6.16. The van der Waals surface area contributed by atoms with Gasteiger partial charge >= 0.3 is 0 Å². The Labute approximate surface area is 140 Å². The van der Waals surface area contributed by atoms with E-state index in [-0.39, 0.29) is 0 Å². The van der Waals surface area contributed by atoms with Crippen molar-refractivity contribution in [1.29, 1.82) is 0 Å². The lowest BCUT2D eigenvalue weighted by Gasteiger charge is -2.23. The zero-order valence-corrected chi connectivity index (χ0v) is 13.3. The van der Waals surface area contributed by atoms with E-state index < -0.39 is 0 Å². The topological polar surface area (TPSA) is 22.1 Å². The third-order valence-electron chi connectivity index (χ3n) is 4.57. The van der Waals surface area contributed by atoms with Gasteiger partial charge in [0.2, 0.25) is 0 Å². The number of hydrogen-bond acceptors (Lipinski definition) is 2. The molecule has 0 radical (unpaired) electrons. The highest BCUT2D eigenvalue weighted by atomic mass is 16.5. The third kappa shape index (κ3) is 1.86. The number of aryl methyl sites for hydroxylation is 1. The molecule has 0 N–H and O–H groups in total. The number of fused-ring (bicyclic) bond motifs is 2. The van der Waals surface area contributed by atoms with Gasteiger partial charge in [-0.25, -0.2) is 0 Å². The molecule has 4 aromatic rings. The molecule has 0 atom stereocenters. The molecule has 0 unspecified atom stereocenters. The summed E-state index contributed by atoms with van der Waals surface area (Å²) in [6, 6.07) is 23.0. The van der Waals surface area contributed by atoms with Crippen molar-refractivity contribution in [2.45, 2.75) is 6.92 Å². The highest BCUT2D eigenvalue weighted by Crippen LogP contribution is 2.49. The van der Waals surface area contributed by atoms with Crippen molar-refractivity contribution >= 4 is 10.8 Å². The molecule has 2 heterocycles. The quantitative estimate of drug-likeness (QED) is 0.380. The van der Waals surface area contributed by atoms with Crippen LogP contribution in [0.4, 0.5) is 0 Å². The first kappa shape index (κ1) is 13.3. The van der Waals surface area contributed by atoms with Crippen LogP contribution in [0.2, 0.25) is 0 Å². The molecule has 2 heteroatoms. The summed E-state index contributed by atoms with van der Waals surface area (Å²) in [5, 5.41) is 2.39. The minimum Gasteiger partial charge on any atom is -0.455 e. The summed E-state index contributed by atoms with van der Waals surface area (Å²) >= 11 is 0. The van der Waals surface area contributed by atoms with E-state index in [4.69, 9.17) is 4.74 Å². The molecule has 0 bridgehead atoms. The molecule has 0 amide bonds. The Morgan fingerprint density at radius 3 is 2.33 bits per heavy atom. The zero-order valence-electron chi connectivity index (χ0n) is 13.3. The molecule has 0 saturated carbocycles. The molecule has 5 rings (SSSR count). The van der Waals surface area contributed by atoms with Gasteiger partial charge in [-0.3, -0.25) is 4.98 Å². The summed E-state index contributed by atoms with van der Waals surface area (Å²) < 4.78 is 6.33. The van der Waals surface area contributed by atoms with E-state index >= 15 is 0 Å². The highest BCUT2D eigenvalue weighted by molar-refractivity contribution is 6.05. The number of hydrogen-bond donors (Lipinski definition) is 0. The Morgan fingerprint density at radius 1 is 0.750 bits per heavy atom. The SMILES string of the molecule is Cc1ccc(-c2cccc3c2Oc2cccc4cccc-3c24)nc1. The van der Waals surface area contributed by atoms with Crippen LogP contribution >= 0.6 is 0 Å². The fourth-order valence-electron chi connectivity index (χ4n) is 3.41. The lowest BCUT2D eigenvalue weighted by molar-refractivity contribution is 0.488. The molecule has 3 aromatic carbocycles. The number of pyridine rings is 1. The van der Waals surface area contributed by atoms with Crippen molar-refractivity contribution in [1.82, 2.24) is 4.98 Å². The Balaban J connectivity index is 1.81. The summed E-state index contributed by atoms with van der Waals surface area (Å²) in [5.74, 6) is 1.80. The van der Waals surface area contributed by atoms with Crippen LogP contribution in [0.5, 0.6) is 11.5 Å². The van der Waals surface area contributed by atoms with Crippen molar-refractivity contribution < 1.29 is 4.74 Å². The van der Waals surface area contributed by atoms with Crippen molar-refractivity contribution in [3.8, 4) is 33.9 Å². The minimum absolute atomic E-state index is 0.889. The predicted octanol–water partition coefficient (Wildman–Crippen LogP) is 5.98. The molecule has 1 aliphatic rings. The lowest BCUT2D eigenvalue weighted by Crippen LogP contribution is -1.99. The van der Waals surface area contributed by atoms with Crippen LogP contribution in [0.1, 0.15) is 5.56 Å². The molecule has 1 aliphatic heterocycles. The zero-order chi connectivity index (χ0) is 16.1. The fourth-order valence-corrected chi connectivity index (χ4v) is 3.41. The number of benzene rings is 3. The number of rotatable bonds is 1. The summed E-state index contributed by atoms with van der Waals surface area (Å²) in [7, 11) is 0. The highest BCUT2D eigenvalue weighted by Gasteiger charge is 2.22. The number of ether oxygens (including phenoxy) is 1. The molecule has 2 nitrogen and oxygen atoms in total. The van der Waals surface area contributed by atoms with Crippen LogP contribution in [-0.4, -0.2) is 4.98 Å². The van der Waals surface area contributed by atoms with E-state index in [2.05, 4.69) is 59.6 Å². The first-order valence-corrected chi connectivity index (χ1v) is 8.07. The van der Waals surface area contributed by atoms with E-state index in [0.717, 1.165) is 33.9 Å². The summed E-state index contributed by atoms with van der Waals surface area (Å²) in [6.45, 7) is 2.05. The fraction of sp³-hybridized carbons (Fsp3) is 0.0455. The Hall–Kier alpha value is -3.13. The smallest absolute Gasteiger partial charge is 0.144 e. The molecule has 0 fully saturated rings. The van der Waals surface area contributed by atoms with E-state index in [0.29, 0.717) is 0 Å². The second-order valence-electron chi connectivity index (χ2n) is 6.16. The van der Waals surface area contributed by atoms with Crippen molar-refractivity contribution in [3.63, 3.8) is 0 Å². The molecular weight excluding hydrogens is 294 g/mol. The number of para-hydroxylation sites is 1. The van der Waals surface area contributed by atoms with E-state index in [9.17, 15) is 0 Å². The van der Waals surface area contributed by atoms with Crippen molar-refractivity contribution in [2.24, 2.45) is 0 Å². The Morgan fingerprint density at radius 2 is 1.50 bits per heavy atom. The maximum absolute atomic E-state index is 6.33. The summed E-state index contributed by atoms with van der Waals surface area (Å²) in [5.41, 5.74) is 5.46. The van der Waals surface area contributed by atoms with Gasteiger partial charge < -0.3 is 4.74 Å². The van der Waals surface area contributed by atoms with Gasteiger partial charge in [0.05, 0.1) is 5.69 Å². The number of nitrogens with zero attached hydrogens (tertiary/aromatic N) is 1. The second kappa shape index (κ2) is 4.93. The van der Waals surface area contributed by atoms with Crippen LogP contribution < -0.4 is 4.74 Å². The minimum atomic E-state index is 0.889. The van der Waals surface area contributed by atoms with Gasteiger partial charge in [-0.2, -0.15) is 0 Å². The van der Waals surface area contributed by atoms with Gasteiger partial charge in [0, 0.05) is 22.7 Å². The van der Waals surface area contributed by atoms with Gasteiger partial charge in [-0.15, -0.1) is 0 Å². The molecule has 0 spiro atoms. The standard InChI is InChI=1S/C22H15NO/c1-14-11-12-19(23-13-14)18-9-4-8-17-16-7-2-5-15-6-3-10-20(21(15)16)24-22(17)18/h2-13H,1H3. The van der Waals surface area contributed by atoms with Crippen LogP contribution in [0.15, 0.2) is 72.9 Å². The normalized spacial score (nSPS) is 11.9. The van der Waals surface area contributed by atoms with Gasteiger partial charge in [0.1, 0.15) is 11.5 Å². The van der Waals surface area contributed by atoms with Crippen LogP contribution in [0, 0.1) is 6.92 Å². The van der Waals surface area contributed by atoms with E-state index in [1.165, 1.54) is 16.3 Å². The monoisotopic (exact) mass is 309 g/mol. The Bertz CT molecular complexity index is 1080. The van der Waals surface area contributed by atoms with Gasteiger partial charge in [-0.05, 0) is 41.6 Å². The maximum Gasteiger partial charge on any atom is 0.144 e. The van der Waals surface area contributed by atoms with Gasteiger partial charge in [-0.1, -0.05) is 48.5 Å². The van der Waals surface area contributed by atoms with E-state index in [1.54, 1.807) is 0 Å². The third-order valence-corrected chi connectivity index (χ3v) is 4.57. The number of aromatic nitrogens is 1. The summed E-state index contributed by atoms with van der Waals surface area (Å²) in [6.07, 6.45) is 1.90. The molecule has 0 aliphatic carbocycles. The van der Waals surface area contributed by atoms with Crippen LogP contribution in [0.3, 0.4) is 0 Å². The lowest BCUT2D eigenvalue weighted by atomic mass is 9.92. The molecule has 114 valence electrons. The molecule has 0 saturated heterocycles. The van der Waals surface area contributed by atoms with Crippen LogP contribution in [0.25, 0.3) is 33.2 Å². The molecule has 1 aromatic heterocycles. The predicted molar refractivity (Wildman–Crippen MR) is 97.4 cm³/mol. The first-order chi connectivity index (χ1) is 11.8. The first-order valence-electron chi connectivity index (χ1n) is 8.07. The summed E-state index contributed by atoms with van der Waals surface area (Å²) in [4.78, 5) is 4.58. The largest absolute Gasteiger partial charge is 0.455 e. The Kier molecular flexibility index (Phi) is 2.74. The molecule has 24 heavy (non-hydrogen) atoms. The van der Waals surface area contributed by atoms with Crippen LogP contribution in [-0.2, 0) is 0 Å². The van der Waals surface area contributed by atoms with Gasteiger partial charge in [0.25, 0.3) is 0 Å². The van der Waals surface area contributed by atoms with E-state index in [1.807, 2.05) is 25.3 Å². The molecular formula is C22H15NO. The average Bonchev–Trinajstić information content (AvgIpc) is 2.63. The van der Waals surface area contributed by atoms with Crippen molar-refractivity contribution in [3.05, 3.63) is 78.5 Å². The average molecular weight is 309 g/mol. The van der Waals surface area contributed by atoms with Crippen molar-refractivity contribution in [2.75, 3.05) is 0 Å².